The van der Waals surface area contributed by atoms with E-state index < -0.39 is 12.2 Å². The van der Waals surface area contributed by atoms with Gasteiger partial charge in [0.05, 0.1) is 17.9 Å². The second kappa shape index (κ2) is 5.57. The summed E-state index contributed by atoms with van der Waals surface area (Å²) in [6.45, 7) is 4.66. The molecular weight excluding hydrogens is 302 g/mol. The van der Waals surface area contributed by atoms with Gasteiger partial charge in [0.1, 0.15) is 7.11 Å². The van der Waals surface area contributed by atoms with Crippen molar-refractivity contribution in [2.45, 2.75) is 71.0 Å². The van der Waals surface area contributed by atoms with Crippen LogP contribution < -0.4 is 0 Å². The molecule has 4 rings (SSSR count). The summed E-state index contributed by atoms with van der Waals surface area (Å²) in [5.41, 5.74) is 2.80. The SMILES string of the molecule is CO/N=C1/C=C2CC[C@@H]3[C@H](CC[C@]4(C)C(O)C(O)C[C@@H]34)[C@@]2(C)CC1. The van der Waals surface area contributed by atoms with Crippen LogP contribution in [0.25, 0.3) is 0 Å². The minimum atomic E-state index is -0.542. The fourth-order valence-electron chi connectivity index (χ4n) is 6.75. The highest BCUT2D eigenvalue weighted by Crippen LogP contribution is 2.65. The van der Waals surface area contributed by atoms with Crippen LogP contribution in [0, 0.1) is 28.6 Å². The van der Waals surface area contributed by atoms with Crippen LogP contribution in [0.4, 0.5) is 0 Å². The third-order valence-electron chi connectivity index (χ3n) is 8.16. The van der Waals surface area contributed by atoms with Crippen molar-refractivity contribution in [1.82, 2.24) is 0 Å². The minimum Gasteiger partial charge on any atom is -0.399 e. The van der Waals surface area contributed by atoms with Gasteiger partial charge in [-0.25, -0.2) is 0 Å². The van der Waals surface area contributed by atoms with E-state index in [0.717, 1.165) is 37.8 Å². The Kier molecular flexibility index (Phi) is 3.85. The highest BCUT2D eigenvalue weighted by Gasteiger charge is 2.60. The van der Waals surface area contributed by atoms with Crippen LogP contribution in [0.15, 0.2) is 16.8 Å². The molecule has 4 heteroatoms. The van der Waals surface area contributed by atoms with Crippen LogP contribution in [0.1, 0.15) is 58.8 Å². The molecule has 4 aliphatic rings. The van der Waals surface area contributed by atoms with Gasteiger partial charge in [-0.05, 0) is 79.6 Å². The molecular formula is C20H31NO3. The van der Waals surface area contributed by atoms with Crippen molar-refractivity contribution in [3.05, 3.63) is 11.6 Å². The van der Waals surface area contributed by atoms with Crippen molar-refractivity contribution in [3.8, 4) is 0 Å². The van der Waals surface area contributed by atoms with Crippen LogP contribution in [-0.4, -0.2) is 35.2 Å². The predicted molar refractivity (Wildman–Crippen MR) is 93.5 cm³/mol. The van der Waals surface area contributed by atoms with Gasteiger partial charge in [0.15, 0.2) is 0 Å². The average molecular weight is 333 g/mol. The molecule has 0 aromatic heterocycles. The van der Waals surface area contributed by atoms with Crippen LogP contribution in [0.3, 0.4) is 0 Å². The van der Waals surface area contributed by atoms with Crippen LogP contribution in [0.5, 0.6) is 0 Å². The molecule has 24 heavy (non-hydrogen) atoms. The molecule has 2 N–H and O–H groups in total. The van der Waals surface area contributed by atoms with Crippen molar-refractivity contribution in [3.63, 3.8) is 0 Å². The lowest BCUT2D eigenvalue weighted by molar-refractivity contribution is -0.0828. The largest absolute Gasteiger partial charge is 0.399 e. The van der Waals surface area contributed by atoms with Crippen LogP contribution in [0.2, 0.25) is 0 Å². The van der Waals surface area contributed by atoms with E-state index in [1.54, 1.807) is 12.7 Å². The van der Waals surface area contributed by atoms with Gasteiger partial charge in [-0.3, -0.25) is 0 Å². The Balaban J connectivity index is 1.65. The summed E-state index contributed by atoms with van der Waals surface area (Å²) in [5, 5.41) is 25.0. The van der Waals surface area contributed by atoms with E-state index in [2.05, 4.69) is 25.1 Å². The molecule has 0 aromatic carbocycles. The first kappa shape index (κ1) is 16.6. The summed E-state index contributed by atoms with van der Waals surface area (Å²) >= 11 is 0. The second-order valence-electron chi connectivity index (χ2n) is 9.06. The summed E-state index contributed by atoms with van der Waals surface area (Å²) in [6.07, 6.45) is 8.66. The summed E-state index contributed by atoms with van der Waals surface area (Å²) in [4.78, 5) is 4.98. The van der Waals surface area contributed by atoms with Gasteiger partial charge in [0, 0.05) is 0 Å². The smallest absolute Gasteiger partial charge is 0.106 e. The molecule has 0 aliphatic heterocycles. The van der Waals surface area contributed by atoms with E-state index in [9.17, 15) is 10.2 Å². The van der Waals surface area contributed by atoms with E-state index in [1.165, 1.54) is 12.8 Å². The maximum Gasteiger partial charge on any atom is 0.106 e. The standard InChI is InChI=1S/C20H31NO3/c1-19-8-6-13(21-24-3)10-12(19)4-5-14-15(19)7-9-20(2)16(14)11-17(22)18(20)23/h10,14-18,22-23H,4-9,11H2,1-3H3/b21-13+/t14-,15+,16+,17?,18?,19+,20+/m1/s1. The monoisotopic (exact) mass is 333 g/mol. The zero-order chi connectivity index (χ0) is 17.1. The molecule has 4 aliphatic carbocycles. The molecule has 0 aromatic rings. The van der Waals surface area contributed by atoms with Gasteiger partial charge in [-0.1, -0.05) is 24.6 Å². The number of hydrogen-bond donors (Lipinski definition) is 2. The Morgan fingerprint density at radius 2 is 1.92 bits per heavy atom. The van der Waals surface area contributed by atoms with E-state index in [0.29, 0.717) is 17.8 Å². The van der Waals surface area contributed by atoms with E-state index >= 15 is 0 Å². The van der Waals surface area contributed by atoms with Crippen LogP contribution >= 0.6 is 0 Å². The van der Waals surface area contributed by atoms with E-state index in [4.69, 9.17) is 4.84 Å². The Labute approximate surface area is 145 Å². The third kappa shape index (κ3) is 2.15. The third-order valence-corrected chi connectivity index (χ3v) is 8.16. The van der Waals surface area contributed by atoms with Crippen molar-refractivity contribution < 1.29 is 15.1 Å². The highest BCUT2D eigenvalue weighted by atomic mass is 16.6. The zero-order valence-corrected chi connectivity index (χ0v) is 15.2. The fraction of sp³-hybridized carbons (Fsp3) is 0.850. The van der Waals surface area contributed by atoms with Gasteiger partial charge < -0.3 is 15.1 Å². The number of oxime groups is 1. The van der Waals surface area contributed by atoms with Gasteiger partial charge >= 0.3 is 0 Å². The molecule has 3 saturated carbocycles. The Hall–Kier alpha value is -0.870. The predicted octanol–water partition coefficient (Wildman–Crippen LogP) is 3.28. The summed E-state index contributed by atoms with van der Waals surface area (Å²) in [5.74, 6) is 1.78. The minimum absolute atomic E-state index is 0.0878. The first-order valence-electron chi connectivity index (χ1n) is 9.57. The topological polar surface area (TPSA) is 62.0 Å². The second-order valence-corrected chi connectivity index (χ2v) is 9.06. The Bertz CT molecular complexity index is 585. The lowest BCUT2D eigenvalue weighted by Crippen LogP contribution is -2.51. The first-order valence-corrected chi connectivity index (χ1v) is 9.57. The van der Waals surface area contributed by atoms with Crippen molar-refractivity contribution in [2.75, 3.05) is 7.11 Å². The molecule has 4 nitrogen and oxygen atoms in total. The molecule has 0 spiro atoms. The summed E-state index contributed by atoms with van der Waals surface area (Å²) in [6, 6.07) is 0. The van der Waals surface area contributed by atoms with Crippen molar-refractivity contribution in [1.29, 1.82) is 0 Å². The molecule has 7 atom stereocenters. The molecule has 0 bridgehead atoms. The summed E-state index contributed by atoms with van der Waals surface area (Å²) < 4.78 is 0. The molecule has 0 heterocycles. The fourth-order valence-corrected chi connectivity index (χ4v) is 6.75. The Morgan fingerprint density at radius 3 is 2.67 bits per heavy atom. The number of aliphatic hydroxyl groups is 2. The quantitative estimate of drug-likeness (QED) is 0.724. The number of aliphatic hydroxyl groups excluding tert-OH is 2. The van der Waals surface area contributed by atoms with E-state index in [1.807, 2.05) is 0 Å². The normalized spacial score (nSPS) is 52.3. The number of allylic oxidation sites excluding steroid dienone is 2. The zero-order valence-electron chi connectivity index (χ0n) is 15.2. The maximum absolute atomic E-state index is 10.5. The lowest BCUT2D eigenvalue weighted by Gasteiger charge is -2.57. The van der Waals surface area contributed by atoms with Crippen LogP contribution in [-0.2, 0) is 4.84 Å². The summed E-state index contributed by atoms with van der Waals surface area (Å²) in [7, 11) is 1.62. The number of hydrogen-bond acceptors (Lipinski definition) is 4. The van der Waals surface area contributed by atoms with Gasteiger partial charge in [0.25, 0.3) is 0 Å². The number of nitrogens with zero attached hydrogens (tertiary/aromatic N) is 1. The van der Waals surface area contributed by atoms with Crippen molar-refractivity contribution >= 4 is 5.71 Å². The van der Waals surface area contributed by atoms with Gasteiger partial charge in [0.2, 0.25) is 0 Å². The average Bonchev–Trinajstić information content (AvgIpc) is 2.79. The first-order chi connectivity index (χ1) is 11.4. The highest BCUT2D eigenvalue weighted by molar-refractivity contribution is 5.96. The van der Waals surface area contributed by atoms with E-state index in [-0.39, 0.29) is 10.8 Å². The molecule has 0 amide bonds. The lowest BCUT2D eigenvalue weighted by atomic mass is 9.47. The number of fused-ring (bicyclic) bond motifs is 5. The molecule has 3 fully saturated rings. The van der Waals surface area contributed by atoms with Gasteiger partial charge in [-0.15, -0.1) is 0 Å². The number of rotatable bonds is 1. The molecule has 0 saturated heterocycles. The Morgan fingerprint density at radius 1 is 1.12 bits per heavy atom. The molecule has 2 unspecified atom stereocenters. The van der Waals surface area contributed by atoms with Crippen molar-refractivity contribution in [2.24, 2.45) is 33.7 Å². The molecule has 0 radical (unpaired) electrons. The van der Waals surface area contributed by atoms with Gasteiger partial charge in [-0.2, -0.15) is 0 Å². The molecule has 134 valence electrons. The maximum atomic E-state index is 10.5.